The van der Waals surface area contributed by atoms with Crippen molar-refractivity contribution >= 4 is 38.6 Å². The molecule has 0 bridgehead atoms. The van der Waals surface area contributed by atoms with Gasteiger partial charge in [-0.15, -0.1) is 11.3 Å². The molecule has 12 heteroatoms. The third-order valence-corrected chi connectivity index (χ3v) is 8.25. The summed E-state index contributed by atoms with van der Waals surface area (Å²) in [6, 6.07) is 5.36. The van der Waals surface area contributed by atoms with E-state index < -0.39 is 11.8 Å². The Hall–Kier alpha value is -3.09. The number of alkyl halides is 2. The molecule has 6 rings (SSSR count). The molecule has 1 aromatic carbocycles. The molecule has 1 aliphatic rings. The quantitative estimate of drug-likeness (QED) is 0.245. The standard InChI is InChI=1S/C24H22F2N4O4S2/c1-13(25)21-29-30-17(10-27-23(30)36-21)20-9-16-18(7-15(31-2)8-19(16)34-20)33-11-14-12-35-22(28-14)24(26)3-5-32-6-4-24/h7-10,12-13H,3-6,11H2,1-2H3. The molecule has 4 aromatic heterocycles. The number of benzene rings is 1. The minimum Gasteiger partial charge on any atom is -0.496 e. The molecule has 0 radical (unpaired) electrons. The molecule has 1 unspecified atom stereocenters. The lowest BCUT2D eigenvalue weighted by Crippen LogP contribution is -2.29. The molecule has 1 aliphatic heterocycles. The lowest BCUT2D eigenvalue weighted by Gasteiger charge is -2.27. The first-order valence-electron chi connectivity index (χ1n) is 11.4. The zero-order valence-corrected chi connectivity index (χ0v) is 21.1. The first-order chi connectivity index (χ1) is 17.4. The van der Waals surface area contributed by atoms with Crippen molar-refractivity contribution in [2.75, 3.05) is 20.3 Å². The Morgan fingerprint density at radius 1 is 1.25 bits per heavy atom. The summed E-state index contributed by atoms with van der Waals surface area (Å²) < 4.78 is 53.5. The van der Waals surface area contributed by atoms with E-state index in [9.17, 15) is 4.39 Å². The fourth-order valence-corrected chi connectivity index (χ4v) is 5.88. The van der Waals surface area contributed by atoms with Crippen LogP contribution in [0.3, 0.4) is 0 Å². The van der Waals surface area contributed by atoms with Crippen LogP contribution in [0.5, 0.6) is 11.5 Å². The molecule has 0 amide bonds. The van der Waals surface area contributed by atoms with E-state index in [1.165, 1.54) is 29.6 Å². The number of imidazole rings is 1. The highest BCUT2D eigenvalue weighted by atomic mass is 32.1. The Morgan fingerprint density at radius 2 is 2.08 bits per heavy atom. The van der Waals surface area contributed by atoms with Crippen LogP contribution in [0.25, 0.3) is 27.4 Å². The fourth-order valence-electron chi connectivity index (χ4n) is 4.12. The topological polar surface area (TPSA) is 83.9 Å². The van der Waals surface area contributed by atoms with Crippen molar-refractivity contribution in [1.29, 1.82) is 0 Å². The predicted octanol–water partition coefficient (Wildman–Crippen LogP) is 6.25. The SMILES string of the molecule is COc1cc(OCc2csc(C3(F)CCOCC3)n2)c2cc(-c3cnc4sc(C(C)F)nn34)oc2c1. The Bertz CT molecular complexity index is 1530. The van der Waals surface area contributed by atoms with Crippen LogP contribution in [0.4, 0.5) is 8.78 Å². The van der Waals surface area contributed by atoms with Crippen LogP contribution >= 0.6 is 22.7 Å². The van der Waals surface area contributed by atoms with Crippen LogP contribution in [0, 0.1) is 0 Å². The molecule has 1 saturated heterocycles. The van der Waals surface area contributed by atoms with Crippen LogP contribution in [0.2, 0.25) is 0 Å². The van der Waals surface area contributed by atoms with Gasteiger partial charge in [-0.25, -0.2) is 18.7 Å². The van der Waals surface area contributed by atoms with Gasteiger partial charge in [0.15, 0.2) is 22.6 Å². The van der Waals surface area contributed by atoms with E-state index in [0.29, 0.717) is 75.3 Å². The first kappa shape index (κ1) is 23.3. The van der Waals surface area contributed by atoms with E-state index in [-0.39, 0.29) is 6.61 Å². The number of rotatable bonds is 7. The zero-order chi connectivity index (χ0) is 24.9. The van der Waals surface area contributed by atoms with Gasteiger partial charge in [-0.05, 0) is 13.0 Å². The van der Waals surface area contributed by atoms with E-state index in [4.69, 9.17) is 18.6 Å². The highest BCUT2D eigenvalue weighted by Crippen LogP contribution is 2.40. The van der Waals surface area contributed by atoms with Crippen LogP contribution in [0.1, 0.15) is 41.6 Å². The van der Waals surface area contributed by atoms with E-state index in [0.717, 1.165) is 5.39 Å². The number of methoxy groups -OCH3 is 1. The van der Waals surface area contributed by atoms with Crippen molar-refractivity contribution < 1.29 is 27.4 Å². The predicted molar refractivity (Wildman–Crippen MR) is 131 cm³/mol. The number of hydrogen-bond donors (Lipinski definition) is 0. The van der Waals surface area contributed by atoms with Crippen molar-refractivity contribution in [3.05, 3.63) is 45.5 Å². The van der Waals surface area contributed by atoms with Gasteiger partial charge >= 0.3 is 0 Å². The fraction of sp³-hybridized carbons (Fsp3) is 0.375. The second-order valence-corrected chi connectivity index (χ2v) is 10.4. The Labute approximate surface area is 212 Å². The summed E-state index contributed by atoms with van der Waals surface area (Å²) in [5.41, 5.74) is 0.345. The van der Waals surface area contributed by atoms with Gasteiger partial charge in [0.2, 0.25) is 4.96 Å². The summed E-state index contributed by atoms with van der Waals surface area (Å²) >= 11 is 2.50. The normalized spacial score (nSPS) is 16.6. The largest absolute Gasteiger partial charge is 0.496 e. The highest BCUT2D eigenvalue weighted by molar-refractivity contribution is 7.16. The van der Waals surface area contributed by atoms with Gasteiger partial charge < -0.3 is 18.6 Å². The summed E-state index contributed by atoms with van der Waals surface area (Å²) in [6.07, 6.45) is 1.07. The van der Waals surface area contributed by atoms with Crippen molar-refractivity contribution in [2.24, 2.45) is 0 Å². The summed E-state index contributed by atoms with van der Waals surface area (Å²) in [5.74, 6) is 1.60. The van der Waals surface area contributed by atoms with Gasteiger partial charge in [0, 0.05) is 30.4 Å². The zero-order valence-electron chi connectivity index (χ0n) is 19.5. The Kier molecular flexibility index (Phi) is 5.89. The maximum Gasteiger partial charge on any atom is 0.212 e. The van der Waals surface area contributed by atoms with Crippen LogP contribution < -0.4 is 9.47 Å². The van der Waals surface area contributed by atoms with Crippen molar-refractivity contribution in [3.63, 3.8) is 0 Å². The summed E-state index contributed by atoms with van der Waals surface area (Å²) in [7, 11) is 1.56. The molecule has 0 aliphatic carbocycles. The van der Waals surface area contributed by atoms with Crippen molar-refractivity contribution in [1.82, 2.24) is 19.6 Å². The van der Waals surface area contributed by atoms with Crippen molar-refractivity contribution in [2.45, 2.75) is 38.2 Å². The smallest absolute Gasteiger partial charge is 0.212 e. The molecule has 1 atom stereocenters. The maximum atomic E-state index is 15.2. The molecular weight excluding hydrogens is 510 g/mol. The highest BCUT2D eigenvalue weighted by Gasteiger charge is 2.37. The van der Waals surface area contributed by atoms with E-state index in [1.54, 1.807) is 30.0 Å². The van der Waals surface area contributed by atoms with E-state index in [2.05, 4.69) is 15.1 Å². The molecule has 0 saturated carbocycles. The number of thiazole rings is 1. The summed E-state index contributed by atoms with van der Waals surface area (Å²) in [6.45, 7) is 2.39. The van der Waals surface area contributed by atoms with E-state index >= 15 is 4.39 Å². The molecule has 36 heavy (non-hydrogen) atoms. The lowest BCUT2D eigenvalue weighted by molar-refractivity contribution is -0.0117. The van der Waals surface area contributed by atoms with Gasteiger partial charge in [0.05, 0.1) is 37.6 Å². The Morgan fingerprint density at radius 3 is 2.86 bits per heavy atom. The number of hydrogen-bond acceptors (Lipinski definition) is 9. The average Bonchev–Trinajstić information content (AvgIpc) is 3.65. The van der Waals surface area contributed by atoms with Gasteiger partial charge in [0.1, 0.15) is 34.4 Å². The van der Waals surface area contributed by atoms with Gasteiger partial charge in [-0.1, -0.05) is 11.3 Å². The molecule has 1 fully saturated rings. The Balaban J connectivity index is 1.30. The lowest BCUT2D eigenvalue weighted by atomic mass is 9.97. The minimum absolute atomic E-state index is 0.159. The monoisotopic (exact) mass is 532 g/mol. The second-order valence-electron chi connectivity index (χ2n) is 8.55. The molecule has 5 aromatic rings. The molecule has 5 heterocycles. The second kappa shape index (κ2) is 9.09. The number of aromatic nitrogens is 4. The van der Waals surface area contributed by atoms with Gasteiger partial charge in [-0.2, -0.15) is 9.61 Å². The van der Waals surface area contributed by atoms with Crippen molar-refractivity contribution in [3.8, 4) is 23.0 Å². The number of furan rings is 1. The number of ether oxygens (including phenoxy) is 3. The number of fused-ring (bicyclic) bond motifs is 2. The van der Waals surface area contributed by atoms with Gasteiger partial charge in [0.25, 0.3) is 0 Å². The maximum absolute atomic E-state index is 15.2. The third kappa shape index (κ3) is 4.12. The summed E-state index contributed by atoms with van der Waals surface area (Å²) in [5, 5.41) is 7.68. The third-order valence-electron chi connectivity index (χ3n) is 6.10. The molecule has 188 valence electrons. The van der Waals surface area contributed by atoms with Crippen LogP contribution in [-0.4, -0.2) is 39.9 Å². The van der Waals surface area contributed by atoms with Gasteiger partial charge in [-0.3, -0.25) is 0 Å². The van der Waals surface area contributed by atoms with Crippen LogP contribution in [0.15, 0.2) is 34.2 Å². The average molecular weight is 533 g/mol. The molecule has 8 nitrogen and oxygen atoms in total. The minimum atomic E-state index is -1.45. The number of nitrogens with zero attached hydrogens (tertiary/aromatic N) is 4. The molecule has 0 N–H and O–H groups in total. The van der Waals surface area contributed by atoms with E-state index in [1.807, 2.05) is 11.4 Å². The summed E-state index contributed by atoms with van der Waals surface area (Å²) in [4.78, 5) is 9.41. The number of halogens is 2. The van der Waals surface area contributed by atoms with Crippen LogP contribution in [-0.2, 0) is 17.0 Å². The first-order valence-corrected chi connectivity index (χ1v) is 13.1. The molecular formula is C24H22F2N4O4S2. The molecule has 0 spiro atoms.